The number of hydrogen-bond acceptors (Lipinski definition) is 5. The molecule has 0 aliphatic rings. The summed E-state index contributed by atoms with van der Waals surface area (Å²) >= 11 is 0. The molecule has 0 spiro atoms. The lowest BCUT2D eigenvalue weighted by Crippen LogP contribution is -2.26. The van der Waals surface area contributed by atoms with Crippen LogP contribution in [-0.2, 0) is 6.54 Å². The lowest BCUT2D eigenvalue weighted by molar-refractivity contribution is 0.398. The van der Waals surface area contributed by atoms with Crippen LogP contribution in [0.25, 0.3) is 0 Å². The highest BCUT2D eigenvalue weighted by atomic mass is 16.5. The summed E-state index contributed by atoms with van der Waals surface area (Å²) in [5.41, 5.74) is 2.75. The lowest BCUT2D eigenvalue weighted by atomic mass is 10.1. The molecule has 20 heavy (non-hydrogen) atoms. The topological polar surface area (TPSA) is 64.9 Å². The van der Waals surface area contributed by atoms with Crippen LogP contribution in [0.5, 0.6) is 5.75 Å². The molecule has 2 aromatic heterocycles. The highest BCUT2D eigenvalue weighted by Gasteiger charge is 2.23. The van der Waals surface area contributed by atoms with Gasteiger partial charge in [-0.1, -0.05) is 6.92 Å². The fourth-order valence-electron chi connectivity index (χ4n) is 2.18. The molecule has 1 atom stereocenters. The number of aryl methyl sites for hydroxylation is 2. The molecular formula is C14H21N5O. The van der Waals surface area contributed by atoms with E-state index in [9.17, 15) is 0 Å². The van der Waals surface area contributed by atoms with Crippen molar-refractivity contribution in [1.29, 1.82) is 0 Å². The van der Waals surface area contributed by atoms with E-state index < -0.39 is 0 Å². The van der Waals surface area contributed by atoms with Crippen molar-refractivity contribution >= 4 is 0 Å². The smallest absolute Gasteiger partial charge is 0.161 e. The van der Waals surface area contributed by atoms with E-state index in [1.54, 1.807) is 25.7 Å². The number of nitrogens with zero attached hydrogens (tertiary/aromatic N) is 4. The number of nitrogens with one attached hydrogen (secondary N) is 1. The Morgan fingerprint density at radius 3 is 2.60 bits per heavy atom. The third kappa shape index (κ3) is 2.80. The van der Waals surface area contributed by atoms with Gasteiger partial charge in [-0.2, -0.15) is 5.10 Å². The summed E-state index contributed by atoms with van der Waals surface area (Å²) in [5.74, 6) is 0.764. The van der Waals surface area contributed by atoms with Gasteiger partial charge in [-0.3, -0.25) is 14.6 Å². The highest BCUT2D eigenvalue weighted by Crippen LogP contribution is 2.28. The Morgan fingerprint density at radius 2 is 2.05 bits per heavy atom. The minimum atomic E-state index is -0.0782. The first-order chi connectivity index (χ1) is 9.71. The van der Waals surface area contributed by atoms with Gasteiger partial charge in [0.25, 0.3) is 0 Å². The van der Waals surface area contributed by atoms with Crippen LogP contribution in [0.3, 0.4) is 0 Å². The van der Waals surface area contributed by atoms with Gasteiger partial charge in [0, 0.05) is 12.7 Å². The third-order valence-electron chi connectivity index (χ3n) is 3.14. The summed E-state index contributed by atoms with van der Waals surface area (Å²) in [7, 11) is 1.66. The SMILES string of the molecule is CCNC(c1cnc(C)cn1)c1c(OC)cnn1CC. The first-order valence-electron chi connectivity index (χ1n) is 6.82. The van der Waals surface area contributed by atoms with Crippen molar-refractivity contribution < 1.29 is 4.74 Å². The minimum absolute atomic E-state index is 0.0782. The molecule has 0 fully saturated rings. The molecule has 108 valence electrons. The maximum absolute atomic E-state index is 5.43. The van der Waals surface area contributed by atoms with Crippen LogP contribution in [0, 0.1) is 6.92 Å². The Bertz CT molecular complexity index is 528. The van der Waals surface area contributed by atoms with Crippen LogP contribution in [0.15, 0.2) is 18.6 Å². The monoisotopic (exact) mass is 275 g/mol. The van der Waals surface area contributed by atoms with Gasteiger partial charge in [-0.15, -0.1) is 0 Å². The molecule has 0 amide bonds. The van der Waals surface area contributed by atoms with Crippen molar-refractivity contribution in [3.8, 4) is 5.75 Å². The van der Waals surface area contributed by atoms with Crippen molar-refractivity contribution in [1.82, 2.24) is 25.1 Å². The number of hydrogen-bond donors (Lipinski definition) is 1. The van der Waals surface area contributed by atoms with Crippen LogP contribution < -0.4 is 10.1 Å². The molecule has 2 rings (SSSR count). The Labute approximate surface area is 119 Å². The molecule has 6 heteroatoms. The van der Waals surface area contributed by atoms with Crippen molar-refractivity contribution in [2.75, 3.05) is 13.7 Å². The van der Waals surface area contributed by atoms with Gasteiger partial charge in [-0.25, -0.2) is 0 Å². The predicted molar refractivity (Wildman–Crippen MR) is 76.7 cm³/mol. The van der Waals surface area contributed by atoms with Crippen LogP contribution in [0.4, 0.5) is 0 Å². The van der Waals surface area contributed by atoms with Crippen molar-refractivity contribution in [2.45, 2.75) is 33.4 Å². The average molecular weight is 275 g/mol. The average Bonchev–Trinajstić information content (AvgIpc) is 2.88. The molecular weight excluding hydrogens is 254 g/mol. The Morgan fingerprint density at radius 1 is 1.25 bits per heavy atom. The standard InChI is InChI=1S/C14H21N5O/c1-5-15-13(11-8-16-10(3)7-17-11)14-12(20-4)9-18-19(14)6-2/h7-9,13,15H,5-6H2,1-4H3. The molecule has 1 unspecified atom stereocenters. The molecule has 1 N–H and O–H groups in total. The normalized spacial score (nSPS) is 12.4. The van der Waals surface area contributed by atoms with Gasteiger partial charge in [0.1, 0.15) is 5.69 Å². The number of aromatic nitrogens is 4. The van der Waals surface area contributed by atoms with E-state index >= 15 is 0 Å². The maximum Gasteiger partial charge on any atom is 0.161 e. The van der Waals surface area contributed by atoms with E-state index in [4.69, 9.17) is 4.74 Å². The summed E-state index contributed by atoms with van der Waals surface area (Å²) in [6.07, 6.45) is 5.32. The molecule has 0 saturated heterocycles. The molecule has 0 aliphatic heterocycles. The Hall–Kier alpha value is -1.95. The second-order valence-electron chi connectivity index (χ2n) is 4.49. The van der Waals surface area contributed by atoms with Gasteiger partial charge >= 0.3 is 0 Å². The minimum Gasteiger partial charge on any atom is -0.493 e. The van der Waals surface area contributed by atoms with Crippen LogP contribution >= 0.6 is 0 Å². The van der Waals surface area contributed by atoms with E-state index in [2.05, 4.69) is 34.2 Å². The number of methoxy groups -OCH3 is 1. The Kier molecular flexibility index (Phi) is 4.68. The van der Waals surface area contributed by atoms with Crippen molar-refractivity contribution in [3.05, 3.63) is 35.7 Å². The van der Waals surface area contributed by atoms with E-state index in [1.165, 1.54) is 0 Å². The molecule has 2 aromatic rings. The molecule has 6 nitrogen and oxygen atoms in total. The van der Waals surface area contributed by atoms with Crippen LogP contribution in [0.1, 0.15) is 37.0 Å². The van der Waals surface area contributed by atoms with Crippen molar-refractivity contribution in [3.63, 3.8) is 0 Å². The van der Waals surface area contributed by atoms with Crippen LogP contribution in [-0.4, -0.2) is 33.4 Å². The first-order valence-corrected chi connectivity index (χ1v) is 6.82. The van der Waals surface area contributed by atoms with E-state index in [1.807, 2.05) is 11.6 Å². The second-order valence-corrected chi connectivity index (χ2v) is 4.49. The van der Waals surface area contributed by atoms with Gasteiger partial charge in [-0.05, 0) is 20.4 Å². The largest absolute Gasteiger partial charge is 0.493 e. The van der Waals surface area contributed by atoms with E-state index in [0.717, 1.165) is 35.9 Å². The molecule has 2 heterocycles. The zero-order valence-corrected chi connectivity index (χ0v) is 12.4. The quantitative estimate of drug-likeness (QED) is 0.869. The molecule has 0 aliphatic carbocycles. The first kappa shape index (κ1) is 14.5. The zero-order chi connectivity index (χ0) is 14.5. The van der Waals surface area contributed by atoms with Gasteiger partial charge in [0.2, 0.25) is 0 Å². The van der Waals surface area contributed by atoms with E-state index in [0.29, 0.717) is 0 Å². The lowest BCUT2D eigenvalue weighted by Gasteiger charge is -2.19. The summed E-state index contributed by atoms with van der Waals surface area (Å²) in [6, 6.07) is -0.0782. The fraction of sp³-hybridized carbons (Fsp3) is 0.500. The fourth-order valence-corrected chi connectivity index (χ4v) is 2.18. The molecule has 0 aromatic carbocycles. The Balaban J connectivity index is 2.47. The van der Waals surface area contributed by atoms with Crippen LogP contribution in [0.2, 0.25) is 0 Å². The summed E-state index contributed by atoms with van der Waals surface area (Å²) in [4.78, 5) is 8.81. The van der Waals surface area contributed by atoms with Gasteiger partial charge < -0.3 is 10.1 Å². The molecule has 0 radical (unpaired) electrons. The predicted octanol–water partition coefficient (Wildman–Crippen LogP) is 1.71. The summed E-state index contributed by atoms with van der Waals surface area (Å²) in [5, 5.41) is 7.78. The van der Waals surface area contributed by atoms with Gasteiger partial charge in [0.15, 0.2) is 5.75 Å². The van der Waals surface area contributed by atoms with Crippen molar-refractivity contribution in [2.24, 2.45) is 0 Å². The highest BCUT2D eigenvalue weighted by molar-refractivity contribution is 5.33. The molecule has 0 saturated carbocycles. The summed E-state index contributed by atoms with van der Waals surface area (Å²) in [6.45, 7) is 7.64. The second kappa shape index (κ2) is 6.47. The number of ether oxygens (including phenoxy) is 1. The maximum atomic E-state index is 5.43. The zero-order valence-electron chi connectivity index (χ0n) is 12.4. The van der Waals surface area contributed by atoms with Gasteiger partial charge in [0.05, 0.1) is 36.9 Å². The molecule has 0 bridgehead atoms. The number of rotatable bonds is 6. The summed E-state index contributed by atoms with van der Waals surface area (Å²) < 4.78 is 7.35. The third-order valence-corrected chi connectivity index (χ3v) is 3.14. The van der Waals surface area contributed by atoms with E-state index in [-0.39, 0.29) is 6.04 Å².